The summed E-state index contributed by atoms with van der Waals surface area (Å²) in [4.78, 5) is 0. The van der Waals surface area contributed by atoms with Crippen molar-refractivity contribution in [3.63, 3.8) is 0 Å². The normalized spacial score (nSPS) is 12.6. The Morgan fingerprint density at radius 2 is 2.17 bits per heavy atom. The molecule has 1 aromatic heterocycles. The van der Waals surface area contributed by atoms with Crippen molar-refractivity contribution >= 4 is 27.3 Å². The first kappa shape index (κ1) is 13.8. The topological polar surface area (TPSA) is 12.0 Å². The third-order valence-corrected chi connectivity index (χ3v) is 4.31. The Kier molecular flexibility index (Phi) is 4.98. The summed E-state index contributed by atoms with van der Waals surface area (Å²) in [5.41, 5.74) is 4.14. The van der Waals surface area contributed by atoms with E-state index in [9.17, 15) is 0 Å². The molecule has 0 fully saturated rings. The Balaban J connectivity index is 2.26. The monoisotopic (exact) mass is 323 g/mol. The highest BCUT2D eigenvalue weighted by Gasteiger charge is 2.14. The van der Waals surface area contributed by atoms with Crippen LogP contribution >= 0.6 is 27.3 Å². The molecule has 0 radical (unpaired) electrons. The standard InChI is InChI=1S/C15H18BrNS/c1-3-17-15(8-12-6-7-18-10-12)14-9-13(16)5-4-11(14)2/h4-7,9-10,15,17H,3,8H2,1-2H3. The number of rotatable bonds is 5. The lowest BCUT2D eigenvalue weighted by Gasteiger charge is -2.20. The van der Waals surface area contributed by atoms with Crippen LogP contribution in [0, 0.1) is 6.92 Å². The van der Waals surface area contributed by atoms with Crippen LogP contribution in [-0.2, 0) is 6.42 Å². The number of thiophene rings is 1. The average Bonchev–Trinajstić information content (AvgIpc) is 2.85. The molecular formula is C15H18BrNS. The molecule has 2 rings (SSSR count). The predicted octanol–water partition coefficient (Wildman–Crippen LogP) is 4.71. The van der Waals surface area contributed by atoms with Crippen LogP contribution in [0.3, 0.4) is 0 Å². The third-order valence-electron chi connectivity index (χ3n) is 3.09. The Hall–Kier alpha value is -0.640. The zero-order valence-corrected chi connectivity index (χ0v) is 13.1. The van der Waals surface area contributed by atoms with Crippen molar-refractivity contribution in [3.05, 3.63) is 56.2 Å². The molecule has 18 heavy (non-hydrogen) atoms. The maximum absolute atomic E-state index is 3.59. The number of hydrogen-bond acceptors (Lipinski definition) is 2. The Bertz CT molecular complexity index is 493. The van der Waals surface area contributed by atoms with E-state index in [0.29, 0.717) is 6.04 Å². The van der Waals surface area contributed by atoms with Crippen LogP contribution in [0.4, 0.5) is 0 Å². The molecule has 0 aliphatic rings. The molecule has 0 aliphatic carbocycles. The lowest BCUT2D eigenvalue weighted by atomic mass is 9.96. The number of likely N-dealkylation sites (N-methyl/N-ethyl adjacent to an activating group) is 1. The molecule has 1 unspecified atom stereocenters. The number of halogens is 1. The van der Waals surface area contributed by atoms with Crippen molar-refractivity contribution < 1.29 is 0 Å². The molecule has 0 amide bonds. The minimum absolute atomic E-state index is 0.391. The van der Waals surface area contributed by atoms with Gasteiger partial charge in [0, 0.05) is 10.5 Å². The molecule has 0 spiro atoms. The number of hydrogen-bond donors (Lipinski definition) is 1. The zero-order chi connectivity index (χ0) is 13.0. The van der Waals surface area contributed by atoms with Crippen LogP contribution in [0.5, 0.6) is 0 Å². The fraction of sp³-hybridized carbons (Fsp3) is 0.333. The van der Waals surface area contributed by atoms with Gasteiger partial charge in [0.1, 0.15) is 0 Å². The van der Waals surface area contributed by atoms with E-state index >= 15 is 0 Å². The quantitative estimate of drug-likeness (QED) is 0.840. The summed E-state index contributed by atoms with van der Waals surface area (Å²) in [6, 6.07) is 9.11. The summed E-state index contributed by atoms with van der Waals surface area (Å²) < 4.78 is 1.15. The van der Waals surface area contributed by atoms with Gasteiger partial charge in [0.05, 0.1) is 0 Å². The summed E-state index contributed by atoms with van der Waals surface area (Å²) in [5.74, 6) is 0. The van der Waals surface area contributed by atoms with Crippen molar-refractivity contribution in [2.45, 2.75) is 26.3 Å². The molecule has 96 valence electrons. The second-order valence-electron chi connectivity index (χ2n) is 4.45. The van der Waals surface area contributed by atoms with Gasteiger partial charge in [0.2, 0.25) is 0 Å². The molecule has 3 heteroatoms. The SMILES string of the molecule is CCNC(Cc1ccsc1)c1cc(Br)ccc1C. The maximum atomic E-state index is 3.59. The first-order valence-electron chi connectivity index (χ1n) is 6.21. The van der Waals surface area contributed by atoms with Crippen molar-refractivity contribution in [3.8, 4) is 0 Å². The lowest BCUT2D eigenvalue weighted by Crippen LogP contribution is -2.23. The average molecular weight is 324 g/mol. The summed E-state index contributed by atoms with van der Waals surface area (Å²) >= 11 is 5.33. The molecule has 1 atom stereocenters. The van der Waals surface area contributed by atoms with Gasteiger partial charge in [-0.15, -0.1) is 0 Å². The summed E-state index contributed by atoms with van der Waals surface area (Å²) in [6.45, 7) is 5.33. The van der Waals surface area contributed by atoms with Gasteiger partial charge < -0.3 is 5.32 Å². The fourth-order valence-electron chi connectivity index (χ4n) is 2.17. The highest BCUT2D eigenvalue weighted by atomic mass is 79.9. The predicted molar refractivity (Wildman–Crippen MR) is 83.3 cm³/mol. The summed E-state index contributed by atoms with van der Waals surface area (Å²) in [5, 5.41) is 7.97. The lowest BCUT2D eigenvalue weighted by molar-refractivity contribution is 0.548. The highest BCUT2D eigenvalue weighted by molar-refractivity contribution is 9.10. The number of nitrogens with one attached hydrogen (secondary N) is 1. The van der Waals surface area contributed by atoms with Crippen molar-refractivity contribution in [1.29, 1.82) is 0 Å². The van der Waals surface area contributed by atoms with Gasteiger partial charge in [0.15, 0.2) is 0 Å². The molecular weight excluding hydrogens is 306 g/mol. The van der Waals surface area contributed by atoms with Crippen LogP contribution in [0.1, 0.15) is 29.7 Å². The number of aryl methyl sites for hydroxylation is 1. The second-order valence-corrected chi connectivity index (χ2v) is 6.14. The fourth-order valence-corrected chi connectivity index (χ4v) is 3.23. The van der Waals surface area contributed by atoms with E-state index in [1.807, 2.05) is 0 Å². The van der Waals surface area contributed by atoms with Gasteiger partial charge in [-0.25, -0.2) is 0 Å². The molecule has 0 saturated heterocycles. The van der Waals surface area contributed by atoms with E-state index in [0.717, 1.165) is 17.4 Å². The molecule has 1 nitrogen and oxygen atoms in total. The second kappa shape index (κ2) is 6.50. The van der Waals surface area contributed by atoms with Crippen LogP contribution in [0.2, 0.25) is 0 Å². The first-order valence-corrected chi connectivity index (χ1v) is 7.94. The first-order chi connectivity index (χ1) is 8.70. The van der Waals surface area contributed by atoms with Gasteiger partial charge in [-0.3, -0.25) is 0 Å². The van der Waals surface area contributed by atoms with E-state index in [-0.39, 0.29) is 0 Å². The molecule has 1 aromatic carbocycles. The summed E-state index contributed by atoms with van der Waals surface area (Å²) in [7, 11) is 0. The Morgan fingerprint density at radius 1 is 1.33 bits per heavy atom. The molecule has 0 bridgehead atoms. The smallest absolute Gasteiger partial charge is 0.0364 e. The molecule has 0 aliphatic heterocycles. The molecule has 1 N–H and O–H groups in total. The van der Waals surface area contributed by atoms with Gasteiger partial charge >= 0.3 is 0 Å². The van der Waals surface area contributed by atoms with Crippen molar-refractivity contribution in [2.24, 2.45) is 0 Å². The largest absolute Gasteiger partial charge is 0.310 e. The van der Waals surface area contributed by atoms with E-state index in [1.54, 1.807) is 11.3 Å². The number of benzene rings is 1. The minimum Gasteiger partial charge on any atom is -0.310 e. The van der Waals surface area contributed by atoms with Crippen LogP contribution in [0.15, 0.2) is 39.5 Å². The Labute approximate surface area is 121 Å². The van der Waals surface area contributed by atoms with Crippen LogP contribution < -0.4 is 5.32 Å². The highest BCUT2D eigenvalue weighted by Crippen LogP contribution is 2.25. The van der Waals surface area contributed by atoms with E-state index in [4.69, 9.17) is 0 Å². The van der Waals surface area contributed by atoms with Crippen molar-refractivity contribution in [2.75, 3.05) is 6.54 Å². The van der Waals surface area contributed by atoms with E-state index in [1.165, 1.54) is 16.7 Å². The van der Waals surface area contributed by atoms with Crippen molar-refractivity contribution in [1.82, 2.24) is 5.32 Å². The van der Waals surface area contributed by atoms with E-state index < -0.39 is 0 Å². The van der Waals surface area contributed by atoms with Gasteiger partial charge in [-0.05, 0) is 65.5 Å². The van der Waals surface area contributed by atoms with Gasteiger partial charge in [-0.1, -0.05) is 28.9 Å². The molecule has 2 aromatic rings. The summed E-state index contributed by atoms with van der Waals surface area (Å²) in [6.07, 6.45) is 1.05. The van der Waals surface area contributed by atoms with Gasteiger partial charge in [-0.2, -0.15) is 11.3 Å². The zero-order valence-electron chi connectivity index (χ0n) is 10.7. The third kappa shape index (κ3) is 3.44. The molecule has 1 heterocycles. The van der Waals surface area contributed by atoms with Crippen LogP contribution in [0.25, 0.3) is 0 Å². The van der Waals surface area contributed by atoms with Crippen LogP contribution in [-0.4, -0.2) is 6.54 Å². The minimum atomic E-state index is 0.391. The Morgan fingerprint density at radius 3 is 2.83 bits per heavy atom. The molecule has 0 saturated carbocycles. The van der Waals surface area contributed by atoms with E-state index in [2.05, 4.69) is 70.1 Å². The van der Waals surface area contributed by atoms with Gasteiger partial charge in [0.25, 0.3) is 0 Å². The maximum Gasteiger partial charge on any atom is 0.0364 e.